The summed E-state index contributed by atoms with van der Waals surface area (Å²) < 4.78 is 21.7. The number of nitrogens with zero attached hydrogens (tertiary/aromatic N) is 2. The summed E-state index contributed by atoms with van der Waals surface area (Å²) in [6.07, 6.45) is 1.87. The van der Waals surface area contributed by atoms with Crippen molar-refractivity contribution in [1.29, 1.82) is 0 Å². The molecule has 0 spiro atoms. The molecule has 0 aromatic heterocycles. The molecule has 0 aliphatic carbocycles. The van der Waals surface area contributed by atoms with Gasteiger partial charge in [-0.05, 0) is 37.5 Å². The summed E-state index contributed by atoms with van der Waals surface area (Å²) in [5.41, 5.74) is 2.29. The monoisotopic (exact) mass is 568 g/mol. The van der Waals surface area contributed by atoms with Crippen LogP contribution >= 0.6 is 24.0 Å². The number of aliphatic imine (C=N–C) groups is 1. The summed E-state index contributed by atoms with van der Waals surface area (Å²) in [6, 6.07) is 12.4. The topological polar surface area (TPSA) is 76.6 Å². The van der Waals surface area contributed by atoms with Crippen LogP contribution < -0.4 is 34.5 Å². The number of nitrogens with one attached hydrogen (secondary N) is 2. The van der Waals surface area contributed by atoms with Crippen LogP contribution in [0.1, 0.15) is 18.9 Å². The largest absolute Gasteiger partial charge is 0.497 e. The average molecular weight is 568 g/mol. The molecule has 2 heterocycles. The van der Waals surface area contributed by atoms with Gasteiger partial charge in [0.25, 0.3) is 0 Å². The van der Waals surface area contributed by atoms with Gasteiger partial charge in [-0.15, -0.1) is 24.0 Å². The summed E-state index contributed by atoms with van der Waals surface area (Å²) >= 11 is 0. The van der Waals surface area contributed by atoms with Gasteiger partial charge in [0.1, 0.15) is 11.5 Å². The molecule has 9 heteroatoms. The minimum atomic E-state index is 0. The van der Waals surface area contributed by atoms with Crippen molar-refractivity contribution in [1.82, 2.24) is 10.6 Å². The molecular weight excluding hydrogens is 535 g/mol. The molecule has 2 N–H and O–H groups in total. The van der Waals surface area contributed by atoms with Crippen LogP contribution in [0.3, 0.4) is 0 Å². The van der Waals surface area contributed by atoms with E-state index in [2.05, 4.69) is 40.7 Å². The maximum atomic E-state index is 5.47. The number of hydrogen-bond donors (Lipinski definition) is 2. The van der Waals surface area contributed by atoms with E-state index in [-0.39, 0.29) is 24.0 Å². The predicted octanol–water partition coefficient (Wildman–Crippen LogP) is 3.43. The molecule has 2 aromatic rings. The number of hydrogen-bond acceptors (Lipinski definition) is 6. The molecule has 33 heavy (non-hydrogen) atoms. The number of rotatable bonds is 8. The number of ether oxygens (including phenoxy) is 4. The van der Waals surface area contributed by atoms with E-state index >= 15 is 0 Å². The van der Waals surface area contributed by atoms with Gasteiger partial charge in [-0.3, -0.25) is 4.99 Å². The molecule has 0 radical (unpaired) electrons. The highest BCUT2D eigenvalue weighted by atomic mass is 127. The van der Waals surface area contributed by atoms with Crippen molar-refractivity contribution in [2.24, 2.45) is 4.99 Å². The number of halogens is 1. The molecule has 1 atom stereocenters. The van der Waals surface area contributed by atoms with Gasteiger partial charge in [0, 0.05) is 56.1 Å². The Balaban J connectivity index is 0.00000306. The van der Waals surface area contributed by atoms with E-state index in [0.717, 1.165) is 67.1 Å². The number of anilines is 1. The number of guanidine groups is 1. The Morgan fingerprint density at radius 1 is 1.09 bits per heavy atom. The Labute approximate surface area is 212 Å². The van der Waals surface area contributed by atoms with Crippen molar-refractivity contribution < 1.29 is 18.9 Å². The third kappa shape index (κ3) is 6.49. The lowest BCUT2D eigenvalue weighted by Gasteiger charge is -2.21. The molecular formula is C24H33IN4O4. The molecule has 1 saturated heterocycles. The second-order valence-corrected chi connectivity index (χ2v) is 7.85. The minimum absolute atomic E-state index is 0. The molecule has 0 bridgehead atoms. The first kappa shape index (κ1) is 25.1. The fourth-order valence-electron chi connectivity index (χ4n) is 3.99. The molecule has 8 nitrogen and oxygen atoms in total. The third-order valence-corrected chi connectivity index (χ3v) is 5.68. The summed E-state index contributed by atoms with van der Waals surface area (Å²) in [5.74, 6) is 4.08. The molecule has 2 aromatic carbocycles. The van der Waals surface area contributed by atoms with Gasteiger partial charge >= 0.3 is 0 Å². The van der Waals surface area contributed by atoms with Crippen LogP contribution in [0.2, 0.25) is 0 Å². The SMILES string of the molecule is CCNC(=NCCc1ccc2c(c1)OCO2)NC1CCN(c2cc(OC)cc(OC)c2)C1.I. The van der Waals surface area contributed by atoms with Crippen LogP contribution in [0.25, 0.3) is 0 Å². The summed E-state index contributed by atoms with van der Waals surface area (Å²) in [7, 11) is 3.35. The smallest absolute Gasteiger partial charge is 0.231 e. The van der Waals surface area contributed by atoms with E-state index in [9.17, 15) is 0 Å². The molecule has 4 rings (SSSR count). The Morgan fingerprint density at radius 3 is 2.58 bits per heavy atom. The van der Waals surface area contributed by atoms with Crippen LogP contribution in [-0.4, -0.2) is 59.2 Å². The van der Waals surface area contributed by atoms with Crippen molar-refractivity contribution in [3.05, 3.63) is 42.0 Å². The lowest BCUT2D eigenvalue weighted by molar-refractivity contribution is 0.174. The molecule has 180 valence electrons. The van der Waals surface area contributed by atoms with Crippen LogP contribution in [0.4, 0.5) is 5.69 Å². The zero-order valence-corrected chi connectivity index (χ0v) is 21.8. The first-order valence-electron chi connectivity index (χ1n) is 11.1. The van der Waals surface area contributed by atoms with Gasteiger partial charge in [-0.2, -0.15) is 0 Å². The summed E-state index contributed by atoms with van der Waals surface area (Å²) in [5, 5.41) is 6.96. The van der Waals surface area contributed by atoms with E-state index in [0.29, 0.717) is 19.4 Å². The maximum Gasteiger partial charge on any atom is 0.231 e. The lowest BCUT2D eigenvalue weighted by Crippen LogP contribution is -2.44. The summed E-state index contributed by atoms with van der Waals surface area (Å²) in [4.78, 5) is 7.13. The highest BCUT2D eigenvalue weighted by molar-refractivity contribution is 14.0. The average Bonchev–Trinajstić information content (AvgIpc) is 3.48. The van der Waals surface area contributed by atoms with Gasteiger partial charge in [0.15, 0.2) is 17.5 Å². The van der Waals surface area contributed by atoms with E-state index in [1.807, 2.05) is 18.2 Å². The van der Waals surface area contributed by atoms with E-state index < -0.39 is 0 Å². The first-order chi connectivity index (χ1) is 15.7. The molecule has 1 unspecified atom stereocenters. The molecule has 0 amide bonds. The predicted molar refractivity (Wildman–Crippen MR) is 141 cm³/mol. The first-order valence-corrected chi connectivity index (χ1v) is 11.1. The Bertz CT molecular complexity index is 934. The third-order valence-electron chi connectivity index (χ3n) is 5.68. The van der Waals surface area contributed by atoms with Crippen molar-refractivity contribution in [2.75, 3.05) is 52.1 Å². The molecule has 2 aliphatic heterocycles. The quantitative estimate of drug-likeness (QED) is 0.287. The maximum absolute atomic E-state index is 5.47. The van der Waals surface area contributed by atoms with Gasteiger partial charge in [-0.1, -0.05) is 6.07 Å². The fraction of sp³-hybridized carbons (Fsp3) is 0.458. The second-order valence-electron chi connectivity index (χ2n) is 7.85. The van der Waals surface area contributed by atoms with Gasteiger partial charge < -0.3 is 34.5 Å². The minimum Gasteiger partial charge on any atom is -0.497 e. The van der Waals surface area contributed by atoms with E-state index in [1.165, 1.54) is 5.56 Å². The van der Waals surface area contributed by atoms with Crippen molar-refractivity contribution in [3.8, 4) is 23.0 Å². The van der Waals surface area contributed by atoms with Crippen LogP contribution in [-0.2, 0) is 6.42 Å². The summed E-state index contributed by atoms with van der Waals surface area (Å²) in [6.45, 7) is 5.75. The van der Waals surface area contributed by atoms with Crippen LogP contribution in [0.15, 0.2) is 41.4 Å². The standard InChI is InChI=1S/C24H32N4O4.HI/c1-4-25-24(26-9-7-17-5-6-22-23(11-17)32-16-31-22)27-18-8-10-28(15-18)19-12-20(29-2)14-21(13-19)30-3;/h5-6,11-14,18H,4,7-10,15-16H2,1-3H3,(H2,25,26,27);1H. The van der Waals surface area contributed by atoms with Crippen molar-refractivity contribution in [3.63, 3.8) is 0 Å². The molecule has 0 saturated carbocycles. The van der Waals surface area contributed by atoms with Gasteiger partial charge in [0.05, 0.1) is 14.2 Å². The fourth-order valence-corrected chi connectivity index (χ4v) is 3.99. The molecule has 2 aliphatic rings. The zero-order chi connectivity index (χ0) is 22.3. The van der Waals surface area contributed by atoms with Crippen LogP contribution in [0, 0.1) is 0 Å². The Hall–Kier alpha value is -2.56. The zero-order valence-electron chi connectivity index (χ0n) is 19.4. The van der Waals surface area contributed by atoms with Crippen LogP contribution in [0.5, 0.6) is 23.0 Å². The van der Waals surface area contributed by atoms with E-state index in [4.69, 9.17) is 23.9 Å². The Morgan fingerprint density at radius 2 is 1.85 bits per heavy atom. The highest BCUT2D eigenvalue weighted by Crippen LogP contribution is 2.33. The number of benzene rings is 2. The highest BCUT2D eigenvalue weighted by Gasteiger charge is 2.24. The van der Waals surface area contributed by atoms with Gasteiger partial charge in [0.2, 0.25) is 6.79 Å². The number of fused-ring (bicyclic) bond motifs is 1. The van der Waals surface area contributed by atoms with Crippen molar-refractivity contribution in [2.45, 2.75) is 25.8 Å². The van der Waals surface area contributed by atoms with Gasteiger partial charge in [-0.25, -0.2) is 0 Å². The lowest BCUT2D eigenvalue weighted by atomic mass is 10.1. The number of methoxy groups -OCH3 is 2. The second kappa shape index (κ2) is 12.1. The van der Waals surface area contributed by atoms with E-state index in [1.54, 1.807) is 14.2 Å². The Kier molecular flexibility index (Phi) is 9.16. The van der Waals surface area contributed by atoms with Crippen molar-refractivity contribution >= 4 is 35.6 Å². The molecule has 1 fully saturated rings. The normalized spacial score (nSPS) is 16.9.